The third-order valence-electron chi connectivity index (χ3n) is 3.65. The number of hydrogen-bond donors (Lipinski definition) is 1. The van der Waals surface area contributed by atoms with Crippen LogP contribution in [0.15, 0.2) is 23.2 Å². The molecule has 6 heteroatoms. The third-order valence-corrected chi connectivity index (χ3v) is 4.77. The van der Waals surface area contributed by atoms with E-state index >= 15 is 0 Å². The molecule has 2 rings (SSSR count). The molecule has 0 amide bonds. The zero-order chi connectivity index (χ0) is 14.0. The maximum atomic E-state index is 11.8. The number of anilines is 1. The Hall–Kier alpha value is -1.14. The second kappa shape index (κ2) is 5.46. The molecule has 0 radical (unpaired) electrons. The largest absolute Gasteiger partial charge is 0.355 e. The third kappa shape index (κ3) is 3.25. The number of sulfone groups is 1. The minimum atomic E-state index is -3.26. The maximum absolute atomic E-state index is 11.8. The van der Waals surface area contributed by atoms with Gasteiger partial charge in [0.05, 0.1) is 0 Å². The van der Waals surface area contributed by atoms with Crippen LogP contribution in [0.5, 0.6) is 0 Å². The lowest BCUT2D eigenvalue weighted by molar-refractivity contribution is 0.362. The van der Waals surface area contributed by atoms with Crippen molar-refractivity contribution >= 4 is 15.7 Å². The Kier molecular flexibility index (Phi) is 4.10. The Bertz CT molecular complexity index is 543. The number of hydrogen-bond acceptors (Lipinski definition) is 5. The highest BCUT2D eigenvalue weighted by molar-refractivity contribution is 7.90. The van der Waals surface area contributed by atoms with Crippen LogP contribution >= 0.6 is 0 Å². The maximum Gasteiger partial charge on any atom is 0.179 e. The lowest BCUT2D eigenvalue weighted by Gasteiger charge is -2.36. The van der Waals surface area contributed by atoms with Crippen molar-refractivity contribution in [2.75, 3.05) is 24.2 Å². The van der Waals surface area contributed by atoms with Gasteiger partial charge in [-0.15, -0.1) is 0 Å². The van der Waals surface area contributed by atoms with E-state index in [9.17, 15) is 8.42 Å². The molecule has 0 aromatic carbocycles. The number of nitrogens with zero attached hydrogens (tertiary/aromatic N) is 2. The lowest BCUT2D eigenvalue weighted by atomic mass is 9.92. The fourth-order valence-electron chi connectivity index (χ4n) is 2.54. The Morgan fingerprint density at radius 3 is 2.89 bits per heavy atom. The molecule has 0 aliphatic carbocycles. The summed E-state index contributed by atoms with van der Waals surface area (Å²) in [5.41, 5.74) is 5.97. The molecule has 0 spiro atoms. The SMILES string of the molecule is CC(N)C1CCCN(c2ncccc2S(C)(=O)=O)C1. The van der Waals surface area contributed by atoms with Crippen molar-refractivity contribution < 1.29 is 8.42 Å². The summed E-state index contributed by atoms with van der Waals surface area (Å²) in [5.74, 6) is 0.957. The highest BCUT2D eigenvalue weighted by atomic mass is 32.2. The van der Waals surface area contributed by atoms with Crippen LogP contribution in [0, 0.1) is 5.92 Å². The molecule has 0 saturated carbocycles. The van der Waals surface area contributed by atoms with Gasteiger partial charge in [0.25, 0.3) is 0 Å². The van der Waals surface area contributed by atoms with Crippen molar-refractivity contribution in [1.82, 2.24) is 4.98 Å². The van der Waals surface area contributed by atoms with Crippen LogP contribution in [-0.2, 0) is 9.84 Å². The number of piperidine rings is 1. The fraction of sp³-hybridized carbons (Fsp3) is 0.615. The smallest absolute Gasteiger partial charge is 0.179 e. The highest BCUT2D eigenvalue weighted by Crippen LogP contribution is 2.27. The van der Waals surface area contributed by atoms with Crippen molar-refractivity contribution in [2.24, 2.45) is 11.7 Å². The number of pyridine rings is 1. The zero-order valence-electron chi connectivity index (χ0n) is 11.4. The summed E-state index contributed by atoms with van der Waals surface area (Å²) in [7, 11) is -3.26. The molecule has 1 fully saturated rings. The van der Waals surface area contributed by atoms with Crippen molar-refractivity contribution in [2.45, 2.75) is 30.7 Å². The monoisotopic (exact) mass is 283 g/mol. The Labute approximate surface area is 114 Å². The first kappa shape index (κ1) is 14.3. The summed E-state index contributed by atoms with van der Waals surface area (Å²) < 4.78 is 23.6. The number of rotatable bonds is 3. The van der Waals surface area contributed by atoms with Crippen LogP contribution in [0.1, 0.15) is 19.8 Å². The lowest BCUT2D eigenvalue weighted by Crippen LogP contribution is -2.43. The molecule has 2 atom stereocenters. The minimum absolute atomic E-state index is 0.119. The van der Waals surface area contributed by atoms with Crippen LogP contribution < -0.4 is 10.6 Å². The Morgan fingerprint density at radius 2 is 2.26 bits per heavy atom. The fourth-order valence-corrected chi connectivity index (χ4v) is 3.38. The first-order chi connectivity index (χ1) is 8.89. The normalized spacial score (nSPS) is 22.3. The molecule has 106 valence electrons. The molecule has 1 saturated heterocycles. The predicted octanol–water partition coefficient (Wildman–Crippen LogP) is 1.05. The van der Waals surface area contributed by atoms with Gasteiger partial charge >= 0.3 is 0 Å². The van der Waals surface area contributed by atoms with Gasteiger partial charge < -0.3 is 10.6 Å². The predicted molar refractivity (Wildman–Crippen MR) is 75.9 cm³/mol. The van der Waals surface area contributed by atoms with Crippen LogP contribution in [0.3, 0.4) is 0 Å². The van der Waals surface area contributed by atoms with E-state index in [1.807, 2.05) is 11.8 Å². The van der Waals surface area contributed by atoms with Crippen LogP contribution in [0.25, 0.3) is 0 Å². The average molecular weight is 283 g/mol. The van der Waals surface area contributed by atoms with Gasteiger partial charge in [0.15, 0.2) is 9.84 Å². The van der Waals surface area contributed by atoms with Gasteiger partial charge in [-0.05, 0) is 37.8 Å². The quantitative estimate of drug-likeness (QED) is 0.897. The summed E-state index contributed by atoms with van der Waals surface area (Å²) >= 11 is 0. The van der Waals surface area contributed by atoms with Gasteiger partial charge in [-0.3, -0.25) is 0 Å². The van der Waals surface area contributed by atoms with E-state index in [2.05, 4.69) is 4.98 Å². The zero-order valence-corrected chi connectivity index (χ0v) is 12.2. The molecule has 19 heavy (non-hydrogen) atoms. The summed E-state index contributed by atoms with van der Waals surface area (Å²) in [4.78, 5) is 6.62. The first-order valence-corrected chi connectivity index (χ1v) is 8.44. The highest BCUT2D eigenvalue weighted by Gasteiger charge is 2.26. The second-order valence-electron chi connectivity index (χ2n) is 5.30. The molecule has 2 heterocycles. The van der Waals surface area contributed by atoms with Gasteiger partial charge in [0.2, 0.25) is 0 Å². The molecule has 1 aliphatic heterocycles. The van der Waals surface area contributed by atoms with Gasteiger partial charge in [-0.1, -0.05) is 0 Å². The molecule has 1 aromatic heterocycles. The topological polar surface area (TPSA) is 76.3 Å². The van der Waals surface area contributed by atoms with Crippen LogP contribution in [0.2, 0.25) is 0 Å². The second-order valence-corrected chi connectivity index (χ2v) is 7.29. The van der Waals surface area contributed by atoms with Crippen molar-refractivity contribution in [3.8, 4) is 0 Å². The molecular formula is C13H21N3O2S. The Balaban J connectivity index is 2.32. The molecule has 5 nitrogen and oxygen atoms in total. The van der Waals surface area contributed by atoms with Crippen molar-refractivity contribution in [3.05, 3.63) is 18.3 Å². The van der Waals surface area contributed by atoms with E-state index < -0.39 is 9.84 Å². The van der Waals surface area contributed by atoms with E-state index in [-0.39, 0.29) is 6.04 Å². The van der Waals surface area contributed by atoms with E-state index in [1.54, 1.807) is 18.3 Å². The molecule has 1 aromatic rings. The van der Waals surface area contributed by atoms with Gasteiger partial charge in [-0.25, -0.2) is 13.4 Å². The minimum Gasteiger partial charge on any atom is -0.355 e. The van der Waals surface area contributed by atoms with Crippen molar-refractivity contribution in [3.63, 3.8) is 0 Å². The Morgan fingerprint density at radius 1 is 1.53 bits per heavy atom. The summed E-state index contributed by atoms with van der Waals surface area (Å²) in [5, 5.41) is 0. The summed E-state index contributed by atoms with van der Waals surface area (Å²) in [6, 6.07) is 3.40. The van der Waals surface area contributed by atoms with E-state index in [0.717, 1.165) is 25.9 Å². The average Bonchev–Trinajstić information content (AvgIpc) is 2.38. The van der Waals surface area contributed by atoms with E-state index in [1.165, 1.54) is 6.26 Å². The molecule has 1 aliphatic rings. The number of aromatic nitrogens is 1. The molecule has 0 bridgehead atoms. The van der Waals surface area contributed by atoms with E-state index in [0.29, 0.717) is 16.6 Å². The van der Waals surface area contributed by atoms with Gasteiger partial charge in [0.1, 0.15) is 10.7 Å². The van der Waals surface area contributed by atoms with Crippen molar-refractivity contribution in [1.29, 1.82) is 0 Å². The number of nitrogens with two attached hydrogens (primary N) is 1. The first-order valence-electron chi connectivity index (χ1n) is 6.55. The van der Waals surface area contributed by atoms with Gasteiger partial charge in [-0.2, -0.15) is 0 Å². The standard InChI is InChI=1S/C13H21N3O2S/c1-10(14)11-5-4-8-16(9-11)13-12(19(2,17)18)6-3-7-15-13/h3,6-7,10-11H,4-5,8-9,14H2,1-2H3. The van der Waals surface area contributed by atoms with Crippen LogP contribution in [0.4, 0.5) is 5.82 Å². The summed E-state index contributed by atoms with van der Waals surface area (Å²) in [6.45, 7) is 3.62. The summed E-state index contributed by atoms with van der Waals surface area (Å²) in [6.07, 6.45) is 4.97. The molecule has 2 unspecified atom stereocenters. The van der Waals surface area contributed by atoms with E-state index in [4.69, 9.17) is 5.73 Å². The molecule has 2 N–H and O–H groups in total. The van der Waals surface area contributed by atoms with Gasteiger partial charge in [0, 0.05) is 31.6 Å². The van der Waals surface area contributed by atoms with Crippen LogP contribution in [-0.4, -0.2) is 38.8 Å². The molecular weight excluding hydrogens is 262 g/mol.